The molecule has 0 aromatic carbocycles. The van der Waals surface area contributed by atoms with Gasteiger partial charge in [0.25, 0.3) is 8.32 Å². The van der Waals surface area contributed by atoms with Crippen LogP contribution in [-0.4, -0.2) is 14.9 Å². The van der Waals surface area contributed by atoms with Crippen LogP contribution < -0.4 is 0 Å². The first-order valence-corrected chi connectivity index (χ1v) is 6.43. The van der Waals surface area contributed by atoms with E-state index in [1.54, 1.807) is 0 Å². The molecule has 0 bridgehead atoms. The molecular weight excluding hydrogens is 164 g/mol. The normalized spacial score (nSPS) is 10.8. The molecular formula is C10H18OSi. The Morgan fingerprint density at radius 1 is 1.17 bits per heavy atom. The van der Waals surface area contributed by atoms with Crippen LogP contribution in [0.5, 0.6) is 0 Å². The second-order valence-corrected chi connectivity index (χ2v) is 5.89. The molecule has 68 valence electrons. The van der Waals surface area contributed by atoms with E-state index < -0.39 is 8.32 Å². The molecule has 0 N–H and O–H groups in total. The molecule has 0 aromatic heterocycles. The van der Waals surface area contributed by atoms with E-state index >= 15 is 0 Å². The molecule has 0 aliphatic carbocycles. The molecule has 0 aliphatic rings. The Labute approximate surface area is 76.6 Å². The molecule has 0 radical (unpaired) electrons. The molecule has 0 heterocycles. The minimum Gasteiger partial charge on any atom is -0.405 e. The highest BCUT2D eigenvalue weighted by atomic mass is 28.4. The highest BCUT2D eigenvalue weighted by molar-refractivity contribution is 6.87. The lowest BCUT2D eigenvalue weighted by Crippen LogP contribution is -2.32. The number of hydrogen-bond acceptors (Lipinski definition) is 1. The van der Waals surface area contributed by atoms with Crippen molar-refractivity contribution < 1.29 is 4.43 Å². The minimum atomic E-state index is -1.96. The number of rotatable bonds is 7. The molecule has 0 aliphatic heterocycles. The van der Waals surface area contributed by atoms with Crippen LogP contribution in [0.3, 0.4) is 0 Å². The van der Waals surface area contributed by atoms with Crippen LogP contribution in [0.15, 0.2) is 36.8 Å². The predicted octanol–water partition coefficient (Wildman–Crippen LogP) is 2.92. The summed E-state index contributed by atoms with van der Waals surface area (Å²) >= 11 is 0. The van der Waals surface area contributed by atoms with Gasteiger partial charge in [-0.05, 0) is 6.42 Å². The molecule has 2 heteroatoms. The van der Waals surface area contributed by atoms with Crippen molar-refractivity contribution in [2.24, 2.45) is 0 Å². The number of unbranched alkanes of at least 4 members (excludes halogenated alkanes) is 1. The zero-order chi connectivity index (χ0) is 9.45. The zero-order valence-electron chi connectivity index (χ0n) is 7.88. The van der Waals surface area contributed by atoms with E-state index in [9.17, 15) is 0 Å². The van der Waals surface area contributed by atoms with Crippen molar-refractivity contribution in [1.29, 1.82) is 0 Å². The van der Waals surface area contributed by atoms with Gasteiger partial charge in [-0.2, -0.15) is 0 Å². The maximum absolute atomic E-state index is 5.70. The first-order valence-electron chi connectivity index (χ1n) is 4.29. The second-order valence-electron chi connectivity index (χ2n) is 2.67. The molecule has 0 fully saturated rings. The van der Waals surface area contributed by atoms with Crippen LogP contribution in [0.25, 0.3) is 0 Å². The van der Waals surface area contributed by atoms with Crippen molar-refractivity contribution in [2.45, 2.75) is 19.8 Å². The summed E-state index contributed by atoms with van der Waals surface area (Å²) in [5, 5.41) is 0. The summed E-state index contributed by atoms with van der Waals surface area (Å²) in [5.41, 5.74) is 5.55. The lowest BCUT2D eigenvalue weighted by atomic mass is 10.4. The molecule has 0 rings (SSSR count). The summed E-state index contributed by atoms with van der Waals surface area (Å²) in [6.45, 7) is 14.2. The van der Waals surface area contributed by atoms with E-state index in [1.165, 1.54) is 0 Å². The van der Waals surface area contributed by atoms with E-state index in [2.05, 4.69) is 26.7 Å². The third kappa shape index (κ3) is 3.20. The van der Waals surface area contributed by atoms with Gasteiger partial charge in [-0.3, -0.25) is 0 Å². The van der Waals surface area contributed by atoms with Crippen LogP contribution in [0.1, 0.15) is 19.8 Å². The van der Waals surface area contributed by atoms with Gasteiger partial charge >= 0.3 is 0 Å². The molecule has 12 heavy (non-hydrogen) atoms. The Balaban J connectivity index is 4.02. The summed E-state index contributed by atoms with van der Waals surface area (Å²) in [6, 6.07) is 0. The Hall–Kier alpha value is -0.603. The van der Waals surface area contributed by atoms with Gasteiger partial charge in [0.15, 0.2) is 0 Å². The van der Waals surface area contributed by atoms with Crippen molar-refractivity contribution >= 4 is 8.32 Å². The highest BCUT2D eigenvalue weighted by Crippen LogP contribution is 2.09. The Bertz CT molecular complexity index is 141. The van der Waals surface area contributed by atoms with Crippen molar-refractivity contribution in [3.8, 4) is 0 Å². The van der Waals surface area contributed by atoms with E-state index in [1.807, 2.05) is 17.1 Å². The lowest BCUT2D eigenvalue weighted by Gasteiger charge is -2.19. The van der Waals surface area contributed by atoms with Gasteiger partial charge in [0.1, 0.15) is 0 Å². The van der Waals surface area contributed by atoms with Gasteiger partial charge in [-0.25, -0.2) is 0 Å². The van der Waals surface area contributed by atoms with Gasteiger partial charge in [0.2, 0.25) is 0 Å². The van der Waals surface area contributed by atoms with Crippen LogP contribution in [0.2, 0.25) is 0 Å². The fraction of sp³-hybridized carbons (Fsp3) is 0.400. The lowest BCUT2D eigenvalue weighted by molar-refractivity contribution is 0.312. The highest BCUT2D eigenvalue weighted by Gasteiger charge is 2.22. The van der Waals surface area contributed by atoms with Gasteiger partial charge in [0.05, 0.1) is 0 Å². The molecule has 0 amide bonds. The summed E-state index contributed by atoms with van der Waals surface area (Å²) in [6.07, 6.45) is 2.24. The van der Waals surface area contributed by atoms with Crippen LogP contribution in [0, 0.1) is 0 Å². The van der Waals surface area contributed by atoms with E-state index in [4.69, 9.17) is 4.43 Å². The largest absolute Gasteiger partial charge is 0.405 e. The standard InChI is InChI=1S/C10H18OSi/c1-5-9-10-11-12(6-2,7-3)8-4/h6-8H,2-5,9-10H2,1H3. The van der Waals surface area contributed by atoms with Crippen LogP contribution in [-0.2, 0) is 4.43 Å². The fourth-order valence-corrected chi connectivity index (χ4v) is 2.17. The molecule has 0 aromatic rings. The van der Waals surface area contributed by atoms with Crippen molar-refractivity contribution in [1.82, 2.24) is 0 Å². The molecule has 0 unspecified atom stereocenters. The maximum Gasteiger partial charge on any atom is 0.264 e. The maximum atomic E-state index is 5.70. The molecule has 0 spiro atoms. The third-order valence-electron chi connectivity index (χ3n) is 1.81. The SMILES string of the molecule is C=C[Si](C=C)(C=C)OCCCC. The Morgan fingerprint density at radius 2 is 1.67 bits per heavy atom. The Kier molecular flexibility index (Phi) is 5.67. The summed E-state index contributed by atoms with van der Waals surface area (Å²) in [4.78, 5) is 0. The topological polar surface area (TPSA) is 9.23 Å². The van der Waals surface area contributed by atoms with Gasteiger partial charge in [0, 0.05) is 6.61 Å². The second kappa shape index (κ2) is 5.97. The smallest absolute Gasteiger partial charge is 0.264 e. The summed E-state index contributed by atoms with van der Waals surface area (Å²) in [7, 11) is -1.96. The van der Waals surface area contributed by atoms with E-state index in [0.29, 0.717) is 0 Å². The number of hydrogen-bond donors (Lipinski definition) is 0. The molecule has 0 atom stereocenters. The van der Waals surface area contributed by atoms with E-state index in [0.717, 1.165) is 19.4 Å². The zero-order valence-corrected chi connectivity index (χ0v) is 8.88. The first-order chi connectivity index (χ1) is 5.74. The monoisotopic (exact) mass is 182 g/mol. The van der Waals surface area contributed by atoms with Crippen molar-refractivity contribution in [2.75, 3.05) is 6.61 Å². The quantitative estimate of drug-likeness (QED) is 0.434. The average molecular weight is 182 g/mol. The third-order valence-corrected chi connectivity index (χ3v) is 4.43. The summed E-state index contributed by atoms with van der Waals surface area (Å²) in [5.74, 6) is 0. The van der Waals surface area contributed by atoms with Crippen molar-refractivity contribution in [3.63, 3.8) is 0 Å². The van der Waals surface area contributed by atoms with Crippen LogP contribution >= 0.6 is 0 Å². The Morgan fingerprint density at radius 3 is 2.00 bits per heavy atom. The molecule has 1 nitrogen and oxygen atoms in total. The first kappa shape index (κ1) is 11.4. The average Bonchev–Trinajstić information content (AvgIpc) is 2.14. The van der Waals surface area contributed by atoms with Gasteiger partial charge in [-0.1, -0.05) is 30.4 Å². The van der Waals surface area contributed by atoms with Crippen molar-refractivity contribution in [3.05, 3.63) is 36.8 Å². The van der Waals surface area contributed by atoms with Gasteiger partial charge in [-0.15, -0.1) is 19.7 Å². The van der Waals surface area contributed by atoms with Gasteiger partial charge < -0.3 is 4.43 Å². The minimum absolute atomic E-state index is 0.785. The predicted molar refractivity (Wildman–Crippen MR) is 57.2 cm³/mol. The molecule has 0 saturated carbocycles. The van der Waals surface area contributed by atoms with E-state index in [-0.39, 0.29) is 0 Å². The fourth-order valence-electron chi connectivity index (χ4n) is 0.820. The summed E-state index contributed by atoms with van der Waals surface area (Å²) < 4.78 is 5.70. The van der Waals surface area contributed by atoms with Crippen LogP contribution in [0.4, 0.5) is 0 Å². The molecule has 0 saturated heterocycles.